The van der Waals surface area contributed by atoms with Gasteiger partial charge in [0.15, 0.2) is 5.65 Å². The summed E-state index contributed by atoms with van der Waals surface area (Å²) in [6, 6.07) is 6.86. The summed E-state index contributed by atoms with van der Waals surface area (Å²) in [5, 5.41) is 8.06. The van der Waals surface area contributed by atoms with Gasteiger partial charge < -0.3 is 15.4 Å². The minimum atomic E-state index is -0.489. The predicted molar refractivity (Wildman–Crippen MR) is 129 cm³/mol. The minimum Gasteiger partial charge on any atom is -0.498 e. The second-order valence-electron chi connectivity index (χ2n) is 9.36. The Balaban J connectivity index is 1.38. The van der Waals surface area contributed by atoms with Crippen LogP contribution in [0.25, 0.3) is 11.0 Å². The summed E-state index contributed by atoms with van der Waals surface area (Å²) in [6.07, 6.45) is 9.02. The van der Waals surface area contributed by atoms with Crippen LogP contribution in [0.4, 0.5) is 10.2 Å². The summed E-state index contributed by atoms with van der Waals surface area (Å²) in [6.45, 7) is 3.82. The molecule has 7 nitrogen and oxygen atoms in total. The van der Waals surface area contributed by atoms with Crippen LogP contribution in [-0.4, -0.2) is 44.9 Å². The van der Waals surface area contributed by atoms with E-state index in [1.807, 2.05) is 18.2 Å². The Morgan fingerprint density at radius 2 is 2.03 bits per heavy atom. The minimum absolute atomic E-state index is 0.0931. The van der Waals surface area contributed by atoms with E-state index in [1.165, 1.54) is 12.1 Å². The van der Waals surface area contributed by atoms with Crippen LogP contribution in [0.1, 0.15) is 44.1 Å². The number of fused-ring (bicyclic) bond motifs is 1. The van der Waals surface area contributed by atoms with E-state index in [2.05, 4.69) is 47.9 Å². The van der Waals surface area contributed by atoms with Gasteiger partial charge in [0.05, 0.1) is 11.6 Å². The molecule has 0 bridgehead atoms. The smallest absolute Gasteiger partial charge is 0.161 e. The number of hydrogen-bond donors (Lipinski definition) is 2. The van der Waals surface area contributed by atoms with Crippen molar-refractivity contribution < 1.29 is 9.13 Å². The van der Waals surface area contributed by atoms with Crippen LogP contribution in [0.15, 0.2) is 47.5 Å². The van der Waals surface area contributed by atoms with E-state index in [1.54, 1.807) is 12.6 Å². The summed E-state index contributed by atoms with van der Waals surface area (Å²) in [5.41, 5.74) is 8.34. The third-order valence-corrected chi connectivity index (χ3v) is 7.55. The first kappa shape index (κ1) is 22.3. The van der Waals surface area contributed by atoms with E-state index in [0.717, 1.165) is 65.8 Å². The molecule has 0 radical (unpaired) electrons. The Morgan fingerprint density at radius 1 is 1.27 bits per heavy atom. The highest BCUT2D eigenvalue weighted by Gasteiger charge is 2.41. The van der Waals surface area contributed by atoms with Gasteiger partial charge in [-0.15, -0.1) is 0 Å². The molecule has 5 rings (SSSR count). The van der Waals surface area contributed by atoms with Gasteiger partial charge in [0, 0.05) is 37.4 Å². The maximum Gasteiger partial charge on any atom is 0.161 e. The second-order valence-corrected chi connectivity index (χ2v) is 10.1. The maximum absolute atomic E-state index is 13.7. The van der Waals surface area contributed by atoms with Gasteiger partial charge in [-0.05, 0) is 65.4 Å². The zero-order chi connectivity index (χ0) is 23.0. The summed E-state index contributed by atoms with van der Waals surface area (Å²) in [4.78, 5) is 11.1. The van der Waals surface area contributed by atoms with Gasteiger partial charge in [-0.3, -0.25) is 5.10 Å². The highest BCUT2D eigenvalue weighted by Crippen LogP contribution is 2.43. The number of rotatable bonds is 6. The zero-order valence-electron chi connectivity index (χ0n) is 18.5. The number of anilines is 1. The molecular weight excluding hydrogens is 487 g/mol. The third-order valence-electron chi connectivity index (χ3n) is 6.98. The fourth-order valence-corrected chi connectivity index (χ4v) is 5.99. The van der Waals surface area contributed by atoms with Crippen LogP contribution in [0.2, 0.25) is 0 Å². The molecule has 0 saturated carbocycles. The highest BCUT2D eigenvalue weighted by molar-refractivity contribution is 9.10. The highest BCUT2D eigenvalue weighted by atomic mass is 79.9. The Hall–Kier alpha value is -2.52. The van der Waals surface area contributed by atoms with Gasteiger partial charge in [-0.25, -0.2) is 14.4 Å². The van der Waals surface area contributed by atoms with Gasteiger partial charge in [0.25, 0.3) is 0 Å². The van der Waals surface area contributed by atoms with Gasteiger partial charge in [0.1, 0.15) is 28.7 Å². The van der Waals surface area contributed by atoms with Gasteiger partial charge in [-0.1, -0.05) is 12.1 Å². The Morgan fingerprint density at radius 3 is 2.73 bits per heavy atom. The molecule has 2 aliphatic heterocycles. The number of benzene rings is 1. The molecule has 3 atom stereocenters. The molecule has 0 spiro atoms. The lowest BCUT2D eigenvalue weighted by Crippen LogP contribution is -2.50. The number of nitrogens with zero attached hydrogens (tertiary/aromatic N) is 4. The van der Waals surface area contributed by atoms with E-state index < -0.39 is 5.54 Å². The van der Waals surface area contributed by atoms with E-state index in [4.69, 9.17) is 10.5 Å². The van der Waals surface area contributed by atoms with Crippen molar-refractivity contribution in [3.8, 4) is 0 Å². The van der Waals surface area contributed by atoms with Crippen molar-refractivity contribution in [3.63, 3.8) is 0 Å². The van der Waals surface area contributed by atoms with Crippen molar-refractivity contribution in [1.82, 2.24) is 20.2 Å². The first-order chi connectivity index (χ1) is 15.9. The van der Waals surface area contributed by atoms with Crippen molar-refractivity contribution in [2.45, 2.75) is 50.2 Å². The lowest BCUT2D eigenvalue weighted by molar-refractivity contribution is 0.112. The monoisotopic (exact) mass is 514 g/mol. The molecule has 1 aromatic carbocycles. The largest absolute Gasteiger partial charge is 0.498 e. The first-order valence-electron chi connectivity index (χ1n) is 11.4. The number of nitrogens with one attached hydrogen (secondary N) is 1. The fraction of sp³-hybridized carbons (Fsp3) is 0.458. The van der Waals surface area contributed by atoms with Crippen molar-refractivity contribution in [1.29, 1.82) is 0 Å². The van der Waals surface area contributed by atoms with Gasteiger partial charge in [0.2, 0.25) is 0 Å². The lowest BCUT2D eigenvalue weighted by Gasteiger charge is -2.44. The Labute approximate surface area is 200 Å². The molecule has 9 heteroatoms. The second kappa shape index (κ2) is 9.02. The SMILES string of the molecule is CC(N)(CC1CC=CO1)C(c1ccc(F)cc1)C1CCN(c2ncnc3[nH]nc(Br)c23)CC1. The number of nitrogens with two attached hydrogens (primary N) is 1. The predicted octanol–water partition coefficient (Wildman–Crippen LogP) is 4.66. The third kappa shape index (κ3) is 4.48. The molecule has 1 fully saturated rings. The average molecular weight is 515 g/mol. The summed E-state index contributed by atoms with van der Waals surface area (Å²) < 4.78 is 20.2. The molecule has 3 aromatic rings. The first-order valence-corrected chi connectivity index (χ1v) is 12.2. The van der Waals surface area contributed by atoms with Crippen LogP contribution in [0.3, 0.4) is 0 Å². The summed E-state index contributed by atoms with van der Waals surface area (Å²) in [5.74, 6) is 1.11. The number of aromatic amines is 1. The van der Waals surface area contributed by atoms with Crippen molar-refractivity contribution in [2.75, 3.05) is 18.0 Å². The molecule has 1 saturated heterocycles. The molecule has 4 heterocycles. The molecule has 3 N–H and O–H groups in total. The lowest BCUT2D eigenvalue weighted by atomic mass is 9.68. The standard InChI is InChI=1S/C24H28BrFN6O/c1-24(27,13-18-3-2-12-33-18)20(15-4-6-17(26)7-5-15)16-8-10-32(11-9-16)23-19-21(25)30-31-22(19)28-14-29-23/h2,4-7,12,14,16,18,20H,3,8-11,13,27H2,1H3,(H,28,29,30,31). The van der Waals surface area contributed by atoms with Crippen LogP contribution in [0, 0.1) is 11.7 Å². The van der Waals surface area contributed by atoms with Crippen LogP contribution in [0.5, 0.6) is 0 Å². The summed E-state index contributed by atoms with van der Waals surface area (Å²) in [7, 11) is 0. The molecule has 33 heavy (non-hydrogen) atoms. The van der Waals surface area contributed by atoms with E-state index >= 15 is 0 Å². The molecule has 2 aliphatic rings. The number of H-pyrrole nitrogens is 1. The van der Waals surface area contributed by atoms with Crippen LogP contribution < -0.4 is 10.6 Å². The topological polar surface area (TPSA) is 93.0 Å². The maximum atomic E-state index is 13.7. The fourth-order valence-electron chi connectivity index (χ4n) is 5.53. The van der Waals surface area contributed by atoms with E-state index in [0.29, 0.717) is 5.92 Å². The molecule has 0 amide bonds. The normalized spacial score (nSPS) is 21.8. The van der Waals surface area contributed by atoms with Crippen molar-refractivity contribution in [2.24, 2.45) is 11.7 Å². The number of piperidine rings is 1. The molecule has 0 aliphatic carbocycles. The van der Waals surface area contributed by atoms with E-state index in [9.17, 15) is 4.39 Å². The summed E-state index contributed by atoms with van der Waals surface area (Å²) >= 11 is 3.51. The van der Waals surface area contributed by atoms with Crippen molar-refractivity contribution >= 4 is 32.8 Å². The molecule has 2 aromatic heterocycles. The average Bonchev–Trinajstić information content (AvgIpc) is 3.45. The number of ether oxygens (including phenoxy) is 1. The molecular formula is C24H28BrFN6O. The van der Waals surface area contributed by atoms with Gasteiger partial charge >= 0.3 is 0 Å². The van der Waals surface area contributed by atoms with Crippen molar-refractivity contribution in [3.05, 3.63) is 58.9 Å². The molecule has 174 valence electrons. The van der Waals surface area contributed by atoms with Crippen LogP contribution >= 0.6 is 15.9 Å². The number of aromatic nitrogens is 4. The van der Waals surface area contributed by atoms with Gasteiger partial charge in [-0.2, -0.15) is 5.10 Å². The Kier molecular flexibility index (Phi) is 6.09. The Bertz CT molecular complexity index is 1130. The number of hydrogen-bond acceptors (Lipinski definition) is 6. The number of halogens is 2. The van der Waals surface area contributed by atoms with E-state index in [-0.39, 0.29) is 17.8 Å². The quantitative estimate of drug-likeness (QED) is 0.496. The zero-order valence-corrected chi connectivity index (χ0v) is 20.1. The van der Waals surface area contributed by atoms with Crippen LogP contribution in [-0.2, 0) is 4.74 Å². The molecule has 3 unspecified atom stereocenters.